The number of hydrogen-bond donors (Lipinski definition) is 1. The van der Waals surface area contributed by atoms with Crippen molar-refractivity contribution < 1.29 is 13.9 Å². The number of halogens is 1. The summed E-state index contributed by atoms with van der Waals surface area (Å²) in [6, 6.07) is 11.5. The minimum absolute atomic E-state index is 0.173. The highest BCUT2D eigenvalue weighted by atomic mass is 32.1. The SMILES string of the molecule is CCCCCc1ccc(C(=O)Oc2ccc(S)c(F)c2)cc1. The van der Waals surface area contributed by atoms with Crippen LogP contribution in [0.4, 0.5) is 4.39 Å². The van der Waals surface area contributed by atoms with Gasteiger partial charge in [0.1, 0.15) is 11.6 Å². The summed E-state index contributed by atoms with van der Waals surface area (Å²) >= 11 is 3.94. The van der Waals surface area contributed by atoms with Crippen molar-refractivity contribution in [1.29, 1.82) is 0 Å². The molecule has 116 valence electrons. The van der Waals surface area contributed by atoms with Gasteiger partial charge in [-0.15, -0.1) is 12.6 Å². The van der Waals surface area contributed by atoms with Gasteiger partial charge in [0.2, 0.25) is 0 Å². The predicted octanol–water partition coefficient (Wildman–Crippen LogP) is 5.07. The zero-order valence-corrected chi connectivity index (χ0v) is 13.4. The predicted molar refractivity (Wildman–Crippen MR) is 88.3 cm³/mol. The summed E-state index contributed by atoms with van der Waals surface area (Å²) in [5.41, 5.74) is 1.66. The van der Waals surface area contributed by atoms with E-state index in [1.165, 1.54) is 30.5 Å². The number of aryl methyl sites for hydroxylation is 1. The molecule has 0 fully saturated rings. The molecule has 0 aliphatic rings. The van der Waals surface area contributed by atoms with Crippen LogP contribution in [-0.4, -0.2) is 5.97 Å². The van der Waals surface area contributed by atoms with E-state index in [0.29, 0.717) is 5.56 Å². The second-order valence-corrected chi connectivity index (χ2v) is 5.64. The first-order valence-electron chi connectivity index (χ1n) is 7.40. The summed E-state index contributed by atoms with van der Waals surface area (Å²) in [5, 5.41) is 0. The zero-order chi connectivity index (χ0) is 15.9. The molecule has 0 radical (unpaired) electrons. The van der Waals surface area contributed by atoms with Crippen molar-refractivity contribution in [1.82, 2.24) is 0 Å². The van der Waals surface area contributed by atoms with Crippen LogP contribution in [0.15, 0.2) is 47.4 Å². The summed E-state index contributed by atoms with van der Waals surface area (Å²) in [6.07, 6.45) is 4.55. The number of carbonyl (C=O) groups is 1. The number of esters is 1. The first-order chi connectivity index (χ1) is 10.6. The lowest BCUT2D eigenvalue weighted by molar-refractivity contribution is 0.0734. The Kier molecular flexibility index (Phi) is 6.01. The van der Waals surface area contributed by atoms with Crippen molar-refractivity contribution in [2.45, 2.75) is 37.5 Å². The molecule has 2 aromatic rings. The van der Waals surface area contributed by atoms with Gasteiger partial charge in [0.05, 0.1) is 5.56 Å². The van der Waals surface area contributed by atoms with Crippen molar-refractivity contribution in [2.75, 3.05) is 0 Å². The lowest BCUT2D eigenvalue weighted by atomic mass is 10.1. The maximum atomic E-state index is 13.4. The molecule has 4 heteroatoms. The molecule has 0 saturated heterocycles. The van der Waals surface area contributed by atoms with Crippen molar-refractivity contribution in [3.05, 3.63) is 59.4 Å². The maximum absolute atomic E-state index is 13.4. The average molecular weight is 318 g/mol. The fourth-order valence-electron chi connectivity index (χ4n) is 2.10. The molecule has 0 spiro atoms. The average Bonchev–Trinajstić information content (AvgIpc) is 2.52. The topological polar surface area (TPSA) is 26.3 Å². The van der Waals surface area contributed by atoms with Crippen LogP contribution in [0.5, 0.6) is 5.75 Å². The molecule has 0 atom stereocenters. The van der Waals surface area contributed by atoms with E-state index in [0.717, 1.165) is 18.9 Å². The fourth-order valence-corrected chi connectivity index (χ4v) is 2.24. The van der Waals surface area contributed by atoms with Gasteiger partial charge in [-0.3, -0.25) is 0 Å². The van der Waals surface area contributed by atoms with E-state index in [9.17, 15) is 9.18 Å². The lowest BCUT2D eigenvalue weighted by Crippen LogP contribution is -2.08. The molecule has 0 aliphatic heterocycles. The summed E-state index contributed by atoms with van der Waals surface area (Å²) in [5.74, 6) is -0.835. The van der Waals surface area contributed by atoms with Gasteiger partial charge in [0, 0.05) is 11.0 Å². The normalized spacial score (nSPS) is 10.5. The van der Waals surface area contributed by atoms with Crippen LogP contribution in [0.3, 0.4) is 0 Å². The molecule has 0 unspecified atom stereocenters. The number of benzene rings is 2. The van der Waals surface area contributed by atoms with Gasteiger partial charge in [0.25, 0.3) is 0 Å². The number of rotatable bonds is 6. The first-order valence-corrected chi connectivity index (χ1v) is 7.84. The molecule has 0 aromatic heterocycles. The molecule has 0 heterocycles. The molecule has 0 bridgehead atoms. The van der Waals surface area contributed by atoms with E-state index in [1.807, 2.05) is 12.1 Å². The molecular weight excluding hydrogens is 299 g/mol. The van der Waals surface area contributed by atoms with Gasteiger partial charge >= 0.3 is 5.97 Å². The van der Waals surface area contributed by atoms with Crippen LogP contribution in [-0.2, 0) is 6.42 Å². The van der Waals surface area contributed by atoms with E-state index < -0.39 is 11.8 Å². The van der Waals surface area contributed by atoms with Gasteiger partial charge < -0.3 is 4.74 Å². The van der Waals surface area contributed by atoms with Gasteiger partial charge in [0.15, 0.2) is 0 Å². The molecule has 2 aromatic carbocycles. The third-order valence-electron chi connectivity index (χ3n) is 3.39. The third-order valence-corrected chi connectivity index (χ3v) is 3.75. The minimum Gasteiger partial charge on any atom is -0.423 e. The van der Waals surface area contributed by atoms with Gasteiger partial charge in [-0.05, 0) is 42.7 Å². The number of unbranched alkanes of at least 4 members (excludes halogenated alkanes) is 2. The molecule has 0 saturated carbocycles. The number of ether oxygens (including phenoxy) is 1. The van der Waals surface area contributed by atoms with Crippen LogP contribution in [0.1, 0.15) is 42.1 Å². The summed E-state index contributed by atoms with van der Waals surface area (Å²) in [4.78, 5) is 12.2. The summed E-state index contributed by atoms with van der Waals surface area (Å²) < 4.78 is 18.5. The Morgan fingerprint density at radius 3 is 2.50 bits per heavy atom. The van der Waals surface area contributed by atoms with Gasteiger partial charge in [-0.1, -0.05) is 31.9 Å². The molecule has 2 rings (SSSR count). The summed E-state index contributed by atoms with van der Waals surface area (Å²) in [6.45, 7) is 2.17. The van der Waals surface area contributed by atoms with E-state index in [2.05, 4.69) is 19.6 Å². The molecule has 0 aliphatic carbocycles. The Balaban J connectivity index is 1.98. The van der Waals surface area contributed by atoms with Crippen LogP contribution in [0, 0.1) is 5.82 Å². The third kappa shape index (κ3) is 4.60. The lowest BCUT2D eigenvalue weighted by Gasteiger charge is -2.06. The molecule has 22 heavy (non-hydrogen) atoms. The second kappa shape index (κ2) is 7.99. The Bertz CT molecular complexity index is 638. The maximum Gasteiger partial charge on any atom is 0.343 e. The van der Waals surface area contributed by atoms with E-state index in [4.69, 9.17) is 4.74 Å². The largest absolute Gasteiger partial charge is 0.423 e. The van der Waals surface area contributed by atoms with Crippen LogP contribution < -0.4 is 4.74 Å². The van der Waals surface area contributed by atoms with Crippen molar-refractivity contribution in [3.8, 4) is 5.75 Å². The number of thiol groups is 1. The highest BCUT2D eigenvalue weighted by Crippen LogP contribution is 2.20. The molecule has 2 nitrogen and oxygen atoms in total. The highest BCUT2D eigenvalue weighted by Gasteiger charge is 2.10. The van der Waals surface area contributed by atoms with Crippen molar-refractivity contribution in [3.63, 3.8) is 0 Å². The van der Waals surface area contributed by atoms with Crippen LogP contribution in [0.2, 0.25) is 0 Å². The Morgan fingerprint density at radius 2 is 1.86 bits per heavy atom. The minimum atomic E-state index is -0.514. The van der Waals surface area contributed by atoms with E-state index in [-0.39, 0.29) is 10.6 Å². The Labute approximate surface area is 135 Å². The zero-order valence-electron chi connectivity index (χ0n) is 12.5. The van der Waals surface area contributed by atoms with Crippen molar-refractivity contribution in [2.24, 2.45) is 0 Å². The molecule has 0 amide bonds. The highest BCUT2D eigenvalue weighted by molar-refractivity contribution is 7.80. The van der Waals surface area contributed by atoms with E-state index in [1.54, 1.807) is 12.1 Å². The quantitative estimate of drug-likeness (QED) is 0.348. The fraction of sp³-hybridized carbons (Fsp3) is 0.278. The second-order valence-electron chi connectivity index (χ2n) is 5.16. The van der Waals surface area contributed by atoms with Crippen LogP contribution >= 0.6 is 12.6 Å². The van der Waals surface area contributed by atoms with Gasteiger partial charge in [-0.2, -0.15) is 0 Å². The Hall–Kier alpha value is -1.81. The van der Waals surface area contributed by atoms with Crippen LogP contribution in [0.25, 0.3) is 0 Å². The number of carbonyl (C=O) groups excluding carboxylic acids is 1. The smallest absolute Gasteiger partial charge is 0.343 e. The first kappa shape index (κ1) is 16.6. The summed E-state index contributed by atoms with van der Waals surface area (Å²) in [7, 11) is 0. The van der Waals surface area contributed by atoms with Crippen molar-refractivity contribution >= 4 is 18.6 Å². The van der Waals surface area contributed by atoms with Gasteiger partial charge in [-0.25, -0.2) is 9.18 Å². The monoisotopic (exact) mass is 318 g/mol. The molecule has 0 N–H and O–H groups in total. The van der Waals surface area contributed by atoms with E-state index >= 15 is 0 Å². The Morgan fingerprint density at radius 1 is 1.14 bits per heavy atom. The standard InChI is InChI=1S/C18H19FO2S/c1-2-3-4-5-13-6-8-14(9-7-13)18(20)21-15-10-11-17(22)16(19)12-15/h6-12,22H,2-5H2,1H3. The molecular formula is C18H19FO2S. The number of hydrogen-bond acceptors (Lipinski definition) is 3.